The van der Waals surface area contributed by atoms with Crippen molar-refractivity contribution in [1.82, 2.24) is 0 Å². The van der Waals surface area contributed by atoms with Gasteiger partial charge in [-0.3, -0.25) is 4.79 Å². The molecule has 2 heteroatoms. The minimum absolute atomic E-state index is 0.275. The Morgan fingerprint density at radius 3 is 1.62 bits per heavy atom. The van der Waals surface area contributed by atoms with Crippen LogP contribution in [0.4, 0.5) is 0 Å². The maximum Gasteiger partial charge on any atom is 0.153 e. The third-order valence-electron chi connectivity index (χ3n) is 2.99. The van der Waals surface area contributed by atoms with Gasteiger partial charge in [-0.25, -0.2) is 0 Å². The Morgan fingerprint density at radius 1 is 1.00 bits per heavy atom. The van der Waals surface area contributed by atoms with E-state index in [4.69, 9.17) is 12.6 Å². The van der Waals surface area contributed by atoms with Crippen LogP contribution in [0.5, 0.6) is 0 Å². The predicted molar refractivity (Wildman–Crippen MR) is 75.2 cm³/mol. The monoisotopic (exact) mass is 244 g/mol. The fourth-order valence-corrected chi connectivity index (χ4v) is 2.64. The summed E-state index contributed by atoms with van der Waals surface area (Å²) in [4.78, 5) is 12.4. The van der Waals surface area contributed by atoms with E-state index in [9.17, 15) is 4.79 Å². The van der Waals surface area contributed by atoms with Gasteiger partial charge in [0.15, 0.2) is 5.78 Å². The van der Waals surface area contributed by atoms with E-state index in [1.165, 1.54) is 0 Å². The van der Waals surface area contributed by atoms with Crippen LogP contribution in [0.1, 0.15) is 73.1 Å². The number of thiol groups is 1. The van der Waals surface area contributed by atoms with E-state index in [2.05, 4.69) is 13.8 Å². The number of hydrogen-bond donors (Lipinski definition) is 1. The smallest absolute Gasteiger partial charge is 0.153 e. The second-order valence-electron chi connectivity index (χ2n) is 5.82. The number of rotatable bonds is 7. The molecule has 96 valence electrons. The molecular weight excluding hydrogens is 216 g/mol. The van der Waals surface area contributed by atoms with Crippen molar-refractivity contribution in [2.24, 2.45) is 5.41 Å². The SMILES string of the molecule is CCCCC(S)(CCCC)C(=O)C(C)(C)C. The molecule has 0 N–H and O–H groups in total. The molecule has 0 heterocycles. The van der Waals surface area contributed by atoms with Crippen LogP contribution < -0.4 is 0 Å². The molecule has 0 rings (SSSR count). The lowest BCUT2D eigenvalue weighted by Gasteiger charge is -2.33. The molecule has 0 aromatic heterocycles. The molecule has 0 aliphatic heterocycles. The molecule has 0 aliphatic rings. The van der Waals surface area contributed by atoms with Crippen LogP contribution in [-0.2, 0) is 4.79 Å². The molecular formula is C14H28OS. The number of ketones is 1. The first kappa shape index (κ1) is 16.0. The molecule has 0 atom stereocenters. The van der Waals surface area contributed by atoms with Crippen molar-refractivity contribution in [3.8, 4) is 0 Å². The number of carbonyl (C=O) groups is 1. The Kier molecular flexibility index (Phi) is 6.69. The number of Topliss-reactive ketones (excluding diaryl/α,β-unsaturated/α-hetero) is 1. The summed E-state index contributed by atoms with van der Waals surface area (Å²) < 4.78 is -0.399. The molecule has 0 saturated carbocycles. The highest BCUT2D eigenvalue weighted by Crippen LogP contribution is 2.36. The molecule has 0 saturated heterocycles. The second-order valence-corrected chi connectivity index (χ2v) is 6.67. The van der Waals surface area contributed by atoms with E-state index < -0.39 is 4.75 Å². The van der Waals surface area contributed by atoms with Crippen molar-refractivity contribution in [2.75, 3.05) is 0 Å². The number of carbonyl (C=O) groups excluding carboxylic acids is 1. The normalized spacial score (nSPS) is 12.9. The van der Waals surface area contributed by atoms with Gasteiger partial charge in [-0.15, -0.1) is 0 Å². The fraction of sp³-hybridized carbons (Fsp3) is 0.929. The Bertz CT molecular complexity index is 207. The topological polar surface area (TPSA) is 17.1 Å². The largest absolute Gasteiger partial charge is 0.298 e. The minimum atomic E-state index is -0.399. The van der Waals surface area contributed by atoms with Gasteiger partial charge in [0, 0.05) is 5.41 Å². The van der Waals surface area contributed by atoms with Crippen molar-refractivity contribution in [1.29, 1.82) is 0 Å². The molecule has 0 aliphatic carbocycles. The first-order chi connectivity index (χ1) is 7.28. The van der Waals surface area contributed by atoms with Crippen molar-refractivity contribution < 1.29 is 4.79 Å². The van der Waals surface area contributed by atoms with Crippen LogP contribution in [0.25, 0.3) is 0 Å². The van der Waals surface area contributed by atoms with Crippen LogP contribution in [0, 0.1) is 5.41 Å². The Labute approximate surface area is 107 Å². The highest BCUT2D eigenvalue weighted by atomic mass is 32.1. The van der Waals surface area contributed by atoms with Crippen molar-refractivity contribution in [2.45, 2.75) is 77.9 Å². The van der Waals surface area contributed by atoms with Gasteiger partial charge in [-0.2, -0.15) is 12.6 Å². The van der Waals surface area contributed by atoms with Crippen LogP contribution in [-0.4, -0.2) is 10.5 Å². The van der Waals surface area contributed by atoms with Crippen LogP contribution in [0.3, 0.4) is 0 Å². The summed E-state index contributed by atoms with van der Waals surface area (Å²) in [5.74, 6) is 0.310. The minimum Gasteiger partial charge on any atom is -0.298 e. The highest BCUT2D eigenvalue weighted by molar-refractivity contribution is 7.82. The number of unbranched alkanes of at least 4 members (excludes halogenated alkanes) is 2. The van der Waals surface area contributed by atoms with Gasteiger partial charge in [0.05, 0.1) is 4.75 Å². The maximum atomic E-state index is 12.4. The van der Waals surface area contributed by atoms with E-state index in [1.807, 2.05) is 20.8 Å². The summed E-state index contributed by atoms with van der Waals surface area (Å²) in [6.07, 6.45) is 6.28. The van der Waals surface area contributed by atoms with E-state index in [1.54, 1.807) is 0 Å². The molecule has 0 amide bonds. The molecule has 0 aromatic rings. The predicted octanol–water partition coefficient (Wildman–Crippen LogP) is 4.65. The Hall–Kier alpha value is 0.0200. The summed E-state index contributed by atoms with van der Waals surface area (Å²) in [6.45, 7) is 10.3. The Morgan fingerprint density at radius 2 is 1.38 bits per heavy atom. The lowest BCUT2D eigenvalue weighted by atomic mass is 9.78. The van der Waals surface area contributed by atoms with E-state index in [0.29, 0.717) is 5.78 Å². The first-order valence-electron chi connectivity index (χ1n) is 6.55. The average Bonchev–Trinajstić information content (AvgIpc) is 2.21. The van der Waals surface area contributed by atoms with Crippen LogP contribution in [0.15, 0.2) is 0 Å². The fourth-order valence-electron chi connectivity index (χ4n) is 1.99. The molecule has 0 fully saturated rings. The summed E-state index contributed by atoms with van der Waals surface area (Å²) in [5, 5.41) is 0. The van der Waals surface area contributed by atoms with E-state index >= 15 is 0 Å². The second kappa shape index (κ2) is 6.68. The Balaban J connectivity index is 4.70. The van der Waals surface area contributed by atoms with E-state index in [0.717, 1.165) is 38.5 Å². The van der Waals surface area contributed by atoms with Crippen molar-refractivity contribution >= 4 is 18.4 Å². The average molecular weight is 244 g/mol. The van der Waals surface area contributed by atoms with Gasteiger partial charge < -0.3 is 0 Å². The number of hydrogen-bond acceptors (Lipinski definition) is 2. The lowest BCUT2D eigenvalue weighted by molar-refractivity contribution is -0.129. The van der Waals surface area contributed by atoms with Gasteiger partial charge in [0.1, 0.15) is 0 Å². The lowest BCUT2D eigenvalue weighted by Crippen LogP contribution is -2.41. The summed E-state index contributed by atoms with van der Waals surface area (Å²) in [5.41, 5.74) is -0.275. The molecule has 0 radical (unpaired) electrons. The third kappa shape index (κ3) is 4.90. The standard InChI is InChI=1S/C14H28OS/c1-6-8-10-14(16,11-9-7-2)12(15)13(3,4)5/h16H,6-11H2,1-5H3. The quantitative estimate of drug-likeness (QED) is 0.645. The molecule has 0 spiro atoms. The van der Waals surface area contributed by atoms with Crippen LogP contribution >= 0.6 is 12.6 Å². The van der Waals surface area contributed by atoms with Gasteiger partial charge in [0.25, 0.3) is 0 Å². The molecule has 0 aromatic carbocycles. The van der Waals surface area contributed by atoms with Gasteiger partial charge >= 0.3 is 0 Å². The molecule has 0 bridgehead atoms. The van der Waals surface area contributed by atoms with Crippen molar-refractivity contribution in [3.63, 3.8) is 0 Å². The van der Waals surface area contributed by atoms with Crippen molar-refractivity contribution in [3.05, 3.63) is 0 Å². The first-order valence-corrected chi connectivity index (χ1v) is 7.00. The van der Waals surface area contributed by atoms with Crippen LogP contribution in [0.2, 0.25) is 0 Å². The molecule has 16 heavy (non-hydrogen) atoms. The molecule has 1 nitrogen and oxygen atoms in total. The van der Waals surface area contributed by atoms with E-state index in [-0.39, 0.29) is 5.41 Å². The maximum absolute atomic E-state index is 12.4. The highest BCUT2D eigenvalue weighted by Gasteiger charge is 2.39. The summed E-state index contributed by atoms with van der Waals surface area (Å²) in [6, 6.07) is 0. The summed E-state index contributed by atoms with van der Waals surface area (Å²) >= 11 is 4.73. The van der Waals surface area contributed by atoms with Gasteiger partial charge in [-0.05, 0) is 12.8 Å². The third-order valence-corrected chi connectivity index (χ3v) is 3.64. The zero-order valence-corrected chi connectivity index (χ0v) is 12.5. The molecule has 0 unspecified atom stereocenters. The zero-order valence-electron chi connectivity index (χ0n) is 11.6. The summed E-state index contributed by atoms with van der Waals surface area (Å²) in [7, 11) is 0. The zero-order chi connectivity index (χ0) is 12.8. The van der Waals surface area contributed by atoms with Gasteiger partial charge in [0.2, 0.25) is 0 Å². The van der Waals surface area contributed by atoms with Gasteiger partial charge in [-0.1, -0.05) is 60.3 Å².